The van der Waals surface area contributed by atoms with Crippen LogP contribution in [0.2, 0.25) is 0 Å². The van der Waals surface area contributed by atoms with E-state index in [1.54, 1.807) is 5.38 Å². The van der Waals surface area contributed by atoms with Crippen molar-refractivity contribution < 1.29 is 13.6 Å². The summed E-state index contributed by atoms with van der Waals surface area (Å²) in [5, 5.41) is 5.18. The van der Waals surface area contributed by atoms with E-state index in [0.717, 1.165) is 25.3 Å². The van der Waals surface area contributed by atoms with E-state index in [9.17, 15) is 13.6 Å². The van der Waals surface area contributed by atoms with Crippen molar-refractivity contribution in [2.24, 2.45) is 23.2 Å². The first-order valence-electron chi connectivity index (χ1n) is 9.23. The molecule has 4 aliphatic carbocycles. The topological polar surface area (TPSA) is 42.0 Å². The lowest BCUT2D eigenvalue weighted by Crippen LogP contribution is -2.51. The number of nitrogens with one attached hydrogen (secondary N) is 1. The number of hydrogen-bond acceptors (Lipinski definition) is 3. The van der Waals surface area contributed by atoms with Gasteiger partial charge in [0, 0.05) is 17.0 Å². The summed E-state index contributed by atoms with van der Waals surface area (Å²) < 4.78 is 27.0. The number of aromatic nitrogens is 1. The maximum absolute atomic E-state index is 14.0. The van der Waals surface area contributed by atoms with Crippen molar-refractivity contribution in [1.82, 2.24) is 4.98 Å². The average molecular weight is 374 g/mol. The summed E-state index contributed by atoms with van der Waals surface area (Å²) >= 11 is 1.29. The molecule has 6 heteroatoms. The Hall–Kier alpha value is -1.82. The highest BCUT2D eigenvalue weighted by atomic mass is 32.1. The van der Waals surface area contributed by atoms with E-state index < -0.39 is 11.6 Å². The van der Waals surface area contributed by atoms with Crippen LogP contribution in [0.15, 0.2) is 23.6 Å². The summed E-state index contributed by atoms with van der Waals surface area (Å²) in [7, 11) is 0. The maximum Gasteiger partial charge on any atom is 0.232 e. The van der Waals surface area contributed by atoms with Crippen molar-refractivity contribution in [3.05, 3.63) is 35.2 Å². The molecule has 1 amide bonds. The Morgan fingerprint density at radius 1 is 1.12 bits per heavy atom. The number of hydrogen-bond donors (Lipinski definition) is 1. The van der Waals surface area contributed by atoms with E-state index in [1.165, 1.54) is 42.7 Å². The molecule has 136 valence electrons. The Labute approximate surface area is 154 Å². The minimum absolute atomic E-state index is 0.0806. The first-order chi connectivity index (χ1) is 12.5. The average Bonchev–Trinajstić information content (AvgIpc) is 3.01. The second-order valence-corrected chi connectivity index (χ2v) is 9.17. The molecule has 26 heavy (non-hydrogen) atoms. The van der Waals surface area contributed by atoms with Crippen molar-refractivity contribution in [3.63, 3.8) is 0 Å². The van der Waals surface area contributed by atoms with Gasteiger partial charge in [0.25, 0.3) is 0 Å². The first-order valence-corrected chi connectivity index (χ1v) is 10.1. The maximum atomic E-state index is 14.0. The van der Waals surface area contributed by atoms with Gasteiger partial charge in [-0.2, -0.15) is 0 Å². The van der Waals surface area contributed by atoms with Gasteiger partial charge in [0.05, 0.1) is 11.1 Å². The van der Waals surface area contributed by atoms with E-state index >= 15 is 0 Å². The Bertz CT molecular complexity index is 843. The van der Waals surface area contributed by atoms with E-state index in [2.05, 4.69) is 10.3 Å². The van der Waals surface area contributed by atoms with Gasteiger partial charge in [-0.25, -0.2) is 13.8 Å². The Kier molecular flexibility index (Phi) is 3.68. The second kappa shape index (κ2) is 5.84. The third kappa shape index (κ3) is 2.66. The van der Waals surface area contributed by atoms with Gasteiger partial charge in [-0.15, -0.1) is 11.3 Å². The summed E-state index contributed by atoms with van der Waals surface area (Å²) in [6.07, 6.45) is 6.86. The Morgan fingerprint density at radius 3 is 2.38 bits per heavy atom. The normalized spacial score (nSPS) is 32.0. The van der Waals surface area contributed by atoms with Gasteiger partial charge in [-0.05, 0) is 68.4 Å². The molecule has 0 atom stereocenters. The van der Waals surface area contributed by atoms with E-state index in [1.807, 2.05) is 0 Å². The first kappa shape index (κ1) is 16.4. The van der Waals surface area contributed by atoms with E-state index in [4.69, 9.17) is 0 Å². The number of benzene rings is 1. The van der Waals surface area contributed by atoms with Gasteiger partial charge < -0.3 is 5.32 Å². The molecule has 0 saturated heterocycles. The summed E-state index contributed by atoms with van der Waals surface area (Å²) in [4.78, 5) is 17.4. The molecule has 3 nitrogen and oxygen atoms in total. The summed E-state index contributed by atoms with van der Waals surface area (Å²) in [5.41, 5.74) is 0.438. The summed E-state index contributed by atoms with van der Waals surface area (Å²) in [6, 6.07) is 3.44. The van der Waals surface area contributed by atoms with Crippen LogP contribution in [0.4, 0.5) is 13.9 Å². The number of carbonyl (C=O) groups excluding carboxylic acids is 1. The lowest BCUT2D eigenvalue weighted by atomic mass is 9.49. The van der Waals surface area contributed by atoms with Gasteiger partial charge in [0.15, 0.2) is 5.13 Å². The zero-order chi connectivity index (χ0) is 17.9. The third-order valence-corrected chi connectivity index (χ3v) is 7.21. The van der Waals surface area contributed by atoms with Gasteiger partial charge in [0.2, 0.25) is 5.91 Å². The zero-order valence-electron chi connectivity index (χ0n) is 14.3. The molecule has 0 spiro atoms. The molecular weight excluding hydrogens is 354 g/mol. The van der Waals surface area contributed by atoms with Crippen LogP contribution in [-0.4, -0.2) is 10.9 Å². The fraction of sp³-hybridized carbons (Fsp3) is 0.500. The van der Waals surface area contributed by atoms with Crippen molar-refractivity contribution in [2.75, 3.05) is 5.32 Å². The predicted molar refractivity (Wildman–Crippen MR) is 96.7 cm³/mol. The third-order valence-electron chi connectivity index (χ3n) is 6.45. The monoisotopic (exact) mass is 374 g/mol. The van der Waals surface area contributed by atoms with Crippen LogP contribution in [0.5, 0.6) is 0 Å². The molecule has 1 heterocycles. The molecule has 4 saturated carbocycles. The molecule has 1 aromatic heterocycles. The molecule has 0 unspecified atom stereocenters. The number of anilines is 1. The standard InChI is InChI=1S/C20H20F2N2OS/c21-14-1-2-15(16(22)6-14)17-10-26-19(23-17)24-18(25)20-7-11-3-12(8-20)5-13(4-11)9-20/h1-2,6,10-13H,3-5,7-9H2,(H,23,24,25). The van der Waals surface area contributed by atoms with Gasteiger partial charge >= 0.3 is 0 Å². The van der Waals surface area contributed by atoms with E-state index in [-0.39, 0.29) is 16.9 Å². The number of carbonyl (C=O) groups is 1. The SMILES string of the molecule is O=C(Nc1nc(-c2ccc(F)cc2F)cs1)C12CC3CC(CC(C3)C1)C2. The Balaban J connectivity index is 1.36. The van der Waals surface area contributed by atoms with Crippen LogP contribution >= 0.6 is 11.3 Å². The molecule has 6 rings (SSSR count). The largest absolute Gasteiger partial charge is 0.301 e. The number of halogens is 2. The van der Waals surface area contributed by atoms with Crippen molar-refractivity contribution in [1.29, 1.82) is 0 Å². The molecular formula is C20H20F2N2OS. The van der Waals surface area contributed by atoms with Crippen LogP contribution in [0.25, 0.3) is 11.3 Å². The fourth-order valence-electron chi connectivity index (χ4n) is 5.77. The van der Waals surface area contributed by atoms with Crippen LogP contribution in [-0.2, 0) is 4.79 Å². The van der Waals surface area contributed by atoms with Crippen molar-refractivity contribution in [3.8, 4) is 11.3 Å². The van der Waals surface area contributed by atoms with Gasteiger partial charge in [-0.3, -0.25) is 4.79 Å². The molecule has 4 bridgehead atoms. The highest BCUT2D eigenvalue weighted by Gasteiger charge is 2.54. The van der Waals surface area contributed by atoms with E-state index in [0.29, 0.717) is 28.6 Å². The van der Waals surface area contributed by atoms with Crippen LogP contribution in [0.1, 0.15) is 38.5 Å². The zero-order valence-corrected chi connectivity index (χ0v) is 15.1. The molecule has 4 aliphatic rings. The molecule has 2 aromatic rings. The number of rotatable bonds is 3. The van der Waals surface area contributed by atoms with Gasteiger partial charge in [0.1, 0.15) is 11.6 Å². The lowest BCUT2D eigenvalue weighted by Gasteiger charge is -2.55. The summed E-state index contributed by atoms with van der Waals surface area (Å²) in [6.45, 7) is 0. The molecule has 0 radical (unpaired) electrons. The predicted octanol–water partition coefficient (Wildman–Crippen LogP) is 5.24. The van der Waals surface area contributed by atoms with Crippen molar-refractivity contribution >= 4 is 22.4 Å². The summed E-state index contributed by atoms with van der Waals surface area (Å²) in [5.74, 6) is 0.926. The quantitative estimate of drug-likeness (QED) is 0.798. The van der Waals surface area contributed by atoms with Crippen LogP contribution < -0.4 is 5.32 Å². The molecule has 1 aromatic carbocycles. The Morgan fingerprint density at radius 2 is 1.77 bits per heavy atom. The number of amides is 1. The minimum atomic E-state index is -0.644. The highest BCUT2D eigenvalue weighted by Crippen LogP contribution is 2.60. The fourth-order valence-corrected chi connectivity index (χ4v) is 6.48. The number of thiazole rings is 1. The highest BCUT2D eigenvalue weighted by molar-refractivity contribution is 7.14. The van der Waals surface area contributed by atoms with Crippen molar-refractivity contribution in [2.45, 2.75) is 38.5 Å². The second-order valence-electron chi connectivity index (χ2n) is 8.31. The van der Waals surface area contributed by atoms with Crippen LogP contribution in [0.3, 0.4) is 0 Å². The molecule has 1 N–H and O–H groups in total. The molecule has 4 fully saturated rings. The minimum Gasteiger partial charge on any atom is -0.301 e. The number of nitrogens with zero attached hydrogens (tertiary/aromatic N) is 1. The lowest BCUT2D eigenvalue weighted by molar-refractivity contribution is -0.140. The van der Waals surface area contributed by atoms with Crippen LogP contribution in [0, 0.1) is 34.8 Å². The smallest absolute Gasteiger partial charge is 0.232 e. The molecule has 0 aliphatic heterocycles. The van der Waals surface area contributed by atoms with Gasteiger partial charge in [-0.1, -0.05) is 0 Å².